The number of benzene rings is 1. The second-order valence-electron chi connectivity index (χ2n) is 2.18. The molecule has 0 aliphatic heterocycles. The van der Waals surface area contributed by atoms with Gasteiger partial charge in [-0.3, -0.25) is 4.79 Å². The van der Waals surface area contributed by atoms with Gasteiger partial charge in [0, 0.05) is 10.6 Å². The Bertz CT molecular complexity index is 312. The number of Topliss-reactive ketones (excluding diaryl/α,β-unsaturated/α-hetero) is 1. The van der Waals surface area contributed by atoms with Crippen molar-refractivity contribution >= 4 is 51.6 Å². The summed E-state index contributed by atoms with van der Waals surface area (Å²) in [7, 11) is 0. The van der Waals surface area contributed by atoms with E-state index in [0.717, 1.165) is 0 Å². The van der Waals surface area contributed by atoms with Crippen LogP contribution in [0.25, 0.3) is 0 Å². The monoisotopic (exact) mass is 314 g/mol. The third kappa shape index (κ3) is 2.34. The summed E-state index contributed by atoms with van der Waals surface area (Å²) >= 11 is 13.5. The second kappa shape index (κ2) is 4.44. The van der Waals surface area contributed by atoms with Crippen LogP contribution in [0, 0.1) is 0 Å². The molecule has 0 fully saturated rings. The lowest BCUT2D eigenvalue weighted by molar-refractivity contribution is 0.102. The summed E-state index contributed by atoms with van der Waals surface area (Å²) in [4.78, 5) is 11.2. The summed E-state index contributed by atoms with van der Waals surface area (Å²) in [5.41, 5.74) is 0.537. The molecule has 0 bridgehead atoms. The molecule has 12 heavy (non-hydrogen) atoms. The van der Waals surface area contributed by atoms with Crippen LogP contribution in [-0.4, -0.2) is 10.2 Å². The minimum atomic E-state index is 0.0252. The zero-order chi connectivity index (χ0) is 9.14. The summed E-state index contributed by atoms with van der Waals surface area (Å²) in [5, 5.41) is 0.967. The average molecular weight is 315 g/mol. The van der Waals surface area contributed by atoms with E-state index in [-0.39, 0.29) is 5.78 Å². The molecule has 0 atom stereocenters. The maximum absolute atomic E-state index is 11.2. The van der Waals surface area contributed by atoms with E-state index in [9.17, 15) is 4.79 Å². The van der Waals surface area contributed by atoms with E-state index in [1.807, 2.05) is 22.6 Å². The quantitative estimate of drug-likeness (QED) is 0.463. The summed E-state index contributed by atoms with van der Waals surface area (Å²) in [6.07, 6.45) is 0. The zero-order valence-electron chi connectivity index (χ0n) is 5.98. The maximum Gasteiger partial charge on any atom is 0.174 e. The summed E-state index contributed by atoms with van der Waals surface area (Å²) in [6.45, 7) is 0. The van der Waals surface area contributed by atoms with E-state index in [1.165, 1.54) is 0 Å². The first-order chi connectivity index (χ1) is 5.65. The van der Waals surface area contributed by atoms with Gasteiger partial charge in [-0.2, -0.15) is 0 Å². The number of hydrogen-bond acceptors (Lipinski definition) is 1. The molecule has 0 spiro atoms. The van der Waals surface area contributed by atoms with Crippen LogP contribution in [0.3, 0.4) is 0 Å². The van der Waals surface area contributed by atoms with Gasteiger partial charge in [0.2, 0.25) is 0 Å². The number of carbonyl (C=O) groups is 1. The van der Waals surface area contributed by atoms with E-state index in [2.05, 4.69) is 0 Å². The lowest BCUT2D eigenvalue weighted by atomic mass is 10.1. The Labute approximate surface area is 94.2 Å². The number of carbonyl (C=O) groups excluding carboxylic acids is 1. The van der Waals surface area contributed by atoms with Crippen molar-refractivity contribution in [1.29, 1.82) is 0 Å². The molecule has 1 aromatic carbocycles. The smallest absolute Gasteiger partial charge is 0.174 e. The van der Waals surface area contributed by atoms with Crippen molar-refractivity contribution in [2.24, 2.45) is 0 Å². The Hall–Kier alpha value is 0.200. The Kier molecular flexibility index (Phi) is 3.80. The van der Waals surface area contributed by atoms with Crippen LogP contribution in [0.15, 0.2) is 18.2 Å². The van der Waals surface area contributed by atoms with Gasteiger partial charge in [-0.15, -0.1) is 0 Å². The first kappa shape index (κ1) is 10.3. The Morgan fingerprint density at radius 3 is 2.58 bits per heavy atom. The second-order valence-corrected chi connectivity index (χ2v) is 3.79. The van der Waals surface area contributed by atoms with Gasteiger partial charge in [0.15, 0.2) is 5.78 Å². The van der Waals surface area contributed by atoms with Gasteiger partial charge < -0.3 is 0 Å². The standard InChI is InChI=1S/C8H5Cl2IO/c9-5-1-2-6(7(10)3-5)8(12)4-11/h1-3H,4H2. The van der Waals surface area contributed by atoms with Crippen molar-refractivity contribution in [3.8, 4) is 0 Å². The molecule has 4 heteroatoms. The van der Waals surface area contributed by atoms with Gasteiger partial charge in [0.25, 0.3) is 0 Å². The fourth-order valence-corrected chi connectivity index (χ4v) is 1.71. The number of alkyl halides is 1. The van der Waals surface area contributed by atoms with Gasteiger partial charge in [-0.25, -0.2) is 0 Å². The van der Waals surface area contributed by atoms with E-state index >= 15 is 0 Å². The number of halogens is 3. The van der Waals surface area contributed by atoms with Crippen molar-refractivity contribution < 1.29 is 4.79 Å². The predicted octanol–water partition coefficient (Wildman–Crippen LogP) is 3.61. The normalized spacial score (nSPS) is 9.92. The minimum Gasteiger partial charge on any atom is -0.293 e. The molecule has 0 unspecified atom stereocenters. The molecule has 0 saturated heterocycles. The lowest BCUT2D eigenvalue weighted by Crippen LogP contribution is -2.00. The van der Waals surface area contributed by atoms with Crippen LogP contribution in [0.1, 0.15) is 10.4 Å². The molecule has 0 aliphatic rings. The van der Waals surface area contributed by atoms with Gasteiger partial charge in [0.1, 0.15) is 0 Å². The SMILES string of the molecule is O=C(CI)c1ccc(Cl)cc1Cl. The fourth-order valence-electron chi connectivity index (χ4n) is 0.788. The maximum atomic E-state index is 11.2. The highest BCUT2D eigenvalue weighted by Gasteiger charge is 2.08. The Morgan fingerprint density at radius 1 is 1.42 bits per heavy atom. The van der Waals surface area contributed by atoms with Gasteiger partial charge in [-0.1, -0.05) is 45.8 Å². The molecule has 0 heterocycles. The van der Waals surface area contributed by atoms with Crippen molar-refractivity contribution in [3.05, 3.63) is 33.8 Å². The van der Waals surface area contributed by atoms with Crippen LogP contribution >= 0.6 is 45.8 Å². The molecule has 0 saturated carbocycles. The molecule has 0 aliphatic carbocycles. The third-order valence-electron chi connectivity index (χ3n) is 1.35. The number of rotatable bonds is 2. The predicted molar refractivity (Wildman–Crippen MR) is 59.7 cm³/mol. The molecule has 1 nitrogen and oxygen atoms in total. The van der Waals surface area contributed by atoms with Crippen LogP contribution in [0.2, 0.25) is 10.0 Å². The van der Waals surface area contributed by atoms with Crippen molar-refractivity contribution in [1.82, 2.24) is 0 Å². The highest BCUT2D eigenvalue weighted by molar-refractivity contribution is 14.1. The molecular formula is C8H5Cl2IO. The van der Waals surface area contributed by atoms with E-state index in [1.54, 1.807) is 18.2 Å². The topological polar surface area (TPSA) is 17.1 Å². The van der Waals surface area contributed by atoms with E-state index in [0.29, 0.717) is 20.0 Å². The first-order valence-electron chi connectivity index (χ1n) is 3.19. The zero-order valence-corrected chi connectivity index (χ0v) is 9.65. The number of hydrogen-bond donors (Lipinski definition) is 0. The molecular weight excluding hydrogens is 310 g/mol. The Balaban J connectivity index is 3.09. The van der Waals surface area contributed by atoms with Crippen molar-refractivity contribution in [3.63, 3.8) is 0 Å². The molecule has 64 valence electrons. The number of ketones is 1. The molecule has 1 aromatic rings. The lowest BCUT2D eigenvalue weighted by Gasteiger charge is -2.00. The van der Waals surface area contributed by atoms with Crippen LogP contribution in [-0.2, 0) is 0 Å². The van der Waals surface area contributed by atoms with Crippen molar-refractivity contribution in [2.45, 2.75) is 0 Å². The molecule has 0 amide bonds. The molecule has 1 rings (SSSR count). The van der Waals surface area contributed by atoms with Gasteiger partial charge in [0.05, 0.1) is 9.45 Å². The Morgan fingerprint density at radius 2 is 2.08 bits per heavy atom. The summed E-state index contributed by atoms with van der Waals surface area (Å²) < 4.78 is 0.430. The van der Waals surface area contributed by atoms with Crippen LogP contribution in [0.4, 0.5) is 0 Å². The summed E-state index contributed by atoms with van der Waals surface area (Å²) in [6, 6.07) is 4.88. The first-order valence-corrected chi connectivity index (χ1v) is 5.47. The van der Waals surface area contributed by atoms with Crippen LogP contribution < -0.4 is 0 Å². The van der Waals surface area contributed by atoms with E-state index in [4.69, 9.17) is 23.2 Å². The third-order valence-corrected chi connectivity index (χ3v) is 2.59. The largest absolute Gasteiger partial charge is 0.293 e. The average Bonchev–Trinajstić information content (AvgIpc) is 2.03. The molecule has 0 aromatic heterocycles. The molecule has 0 N–H and O–H groups in total. The summed E-state index contributed by atoms with van der Waals surface area (Å²) in [5.74, 6) is 0.0252. The highest BCUT2D eigenvalue weighted by Crippen LogP contribution is 2.21. The minimum absolute atomic E-state index is 0.0252. The van der Waals surface area contributed by atoms with Crippen molar-refractivity contribution in [2.75, 3.05) is 4.43 Å². The van der Waals surface area contributed by atoms with Gasteiger partial charge >= 0.3 is 0 Å². The highest BCUT2D eigenvalue weighted by atomic mass is 127. The fraction of sp³-hybridized carbons (Fsp3) is 0.125. The van der Waals surface area contributed by atoms with E-state index < -0.39 is 0 Å². The van der Waals surface area contributed by atoms with Crippen LogP contribution in [0.5, 0.6) is 0 Å². The van der Waals surface area contributed by atoms with Gasteiger partial charge in [-0.05, 0) is 18.2 Å². The molecule has 0 radical (unpaired) electrons.